The monoisotopic (exact) mass is 278 g/mol. The number of hydrogen-bond acceptors (Lipinski definition) is 3. The number of amides is 1. The van der Waals surface area contributed by atoms with Crippen LogP contribution in [0.1, 0.15) is 45.8 Å². The van der Waals surface area contributed by atoms with E-state index >= 15 is 0 Å². The average Bonchev–Trinajstić information content (AvgIpc) is 2.65. The summed E-state index contributed by atoms with van der Waals surface area (Å²) in [5.41, 5.74) is 1.44. The smallest absolute Gasteiger partial charge is 0.263 e. The summed E-state index contributed by atoms with van der Waals surface area (Å²) in [4.78, 5) is 17.0. The van der Waals surface area contributed by atoms with E-state index in [4.69, 9.17) is 0 Å². The molecule has 0 saturated carbocycles. The minimum atomic E-state index is 0.252. The number of nitrogens with one attached hydrogen (secondary N) is 1. The van der Waals surface area contributed by atoms with E-state index in [2.05, 4.69) is 11.4 Å². The molecule has 0 spiro atoms. The van der Waals surface area contributed by atoms with Crippen LogP contribution in [0.2, 0.25) is 0 Å². The van der Waals surface area contributed by atoms with Gasteiger partial charge in [0.05, 0.1) is 4.88 Å². The van der Waals surface area contributed by atoms with Crippen molar-refractivity contribution in [2.45, 2.75) is 38.5 Å². The first-order chi connectivity index (χ1) is 9.34. The predicted molar refractivity (Wildman–Crippen MR) is 79.0 cm³/mol. The van der Waals surface area contributed by atoms with Crippen LogP contribution >= 0.6 is 11.3 Å². The Labute approximate surface area is 119 Å². The van der Waals surface area contributed by atoms with Crippen LogP contribution in [0, 0.1) is 0 Å². The Balaban J connectivity index is 1.75. The molecule has 0 radical (unpaired) electrons. The third kappa shape index (κ3) is 3.00. The minimum absolute atomic E-state index is 0.252. The number of nitrogens with zero attached hydrogens (tertiary/aromatic N) is 1. The van der Waals surface area contributed by atoms with Gasteiger partial charge in [-0.3, -0.25) is 4.79 Å². The lowest BCUT2D eigenvalue weighted by atomic mass is 10.1. The van der Waals surface area contributed by atoms with Crippen LogP contribution in [0.3, 0.4) is 0 Å². The third-order valence-electron chi connectivity index (χ3n) is 4.08. The average molecular weight is 278 g/mol. The molecule has 1 amide bonds. The third-order valence-corrected chi connectivity index (χ3v) is 5.31. The van der Waals surface area contributed by atoms with Crippen LogP contribution in [0.25, 0.3) is 0 Å². The molecule has 1 N–H and O–H groups in total. The van der Waals surface area contributed by atoms with Gasteiger partial charge in [0, 0.05) is 24.5 Å². The fourth-order valence-electron chi connectivity index (χ4n) is 2.98. The largest absolute Gasteiger partial charge is 0.337 e. The lowest BCUT2D eigenvalue weighted by Crippen LogP contribution is -2.33. The van der Waals surface area contributed by atoms with E-state index in [1.807, 2.05) is 4.90 Å². The molecule has 1 aliphatic carbocycles. The molecule has 0 unspecified atom stereocenters. The molecule has 1 fully saturated rings. The van der Waals surface area contributed by atoms with Crippen LogP contribution in [-0.4, -0.2) is 37.0 Å². The lowest BCUT2D eigenvalue weighted by molar-refractivity contribution is 0.0771. The van der Waals surface area contributed by atoms with E-state index < -0.39 is 0 Å². The summed E-state index contributed by atoms with van der Waals surface area (Å²) in [6.45, 7) is 3.71. The van der Waals surface area contributed by atoms with Crippen molar-refractivity contribution in [1.29, 1.82) is 0 Å². The highest BCUT2D eigenvalue weighted by Gasteiger charge is 2.21. The number of aryl methyl sites for hydroxylation is 2. The molecule has 0 aromatic carbocycles. The van der Waals surface area contributed by atoms with Gasteiger partial charge in [0.15, 0.2) is 0 Å². The van der Waals surface area contributed by atoms with Crippen LogP contribution in [0.5, 0.6) is 0 Å². The lowest BCUT2D eigenvalue weighted by Gasteiger charge is -2.18. The Morgan fingerprint density at radius 1 is 1.11 bits per heavy atom. The van der Waals surface area contributed by atoms with Crippen LogP contribution in [-0.2, 0) is 12.8 Å². The van der Waals surface area contributed by atoms with Gasteiger partial charge in [0.25, 0.3) is 5.91 Å². The molecule has 3 rings (SSSR count). The molecule has 1 saturated heterocycles. The van der Waals surface area contributed by atoms with Gasteiger partial charge in [-0.25, -0.2) is 0 Å². The zero-order valence-corrected chi connectivity index (χ0v) is 12.2. The van der Waals surface area contributed by atoms with Crippen molar-refractivity contribution in [2.75, 3.05) is 26.2 Å². The molecule has 2 aliphatic rings. The van der Waals surface area contributed by atoms with E-state index in [0.29, 0.717) is 0 Å². The molecule has 4 heteroatoms. The number of carbonyl (C=O) groups excluding carboxylic acids is 1. The van der Waals surface area contributed by atoms with Crippen molar-refractivity contribution >= 4 is 17.2 Å². The van der Waals surface area contributed by atoms with Gasteiger partial charge in [-0.15, -0.1) is 11.3 Å². The topological polar surface area (TPSA) is 32.3 Å². The Kier molecular flexibility index (Phi) is 4.18. The molecular formula is C15H22N2OS. The van der Waals surface area contributed by atoms with E-state index in [-0.39, 0.29) is 5.91 Å². The summed E-state index contributed by atoms with van der Waals surface area (Å²) < 4.78 is 0. The van der Waals surface area contributed by atoms with Gasteiger partial charge < -0.3 is 10.2 Å². The van der Waals surface area contributed by atoms with E-state index in [1.54, 1.807) is 11.3 Å². The van der Waals surface area contributed by atoms with E-state index in [9.17, 15) is 4.79 Å². The summed E-state index contributed by atoms with van der Waals surface area (Å²) >= 11 is 1.75. The predicted octanol–water partition coefficient (Wildman–Crippen LogP) is 2.45. The normalized spacial score (nSPS) is 20.5. The molecule has 19 heavy (non-hydrogen) atoms. The minimum Gasteiger partial charge on any atom is -0.337 e. The van der Waals surface area contributed by atoms with Crippen LogP contribution < -0.4 is 5.32 Å². The molecule has 1 aromatic rings. The second-order valence-corrected chi connectivity index (χ2v) is 6.65. The molecule has 2 heterocycles. The highest BCUT2D eigenvalue weighted by atomic mass is 32.1. The Bertz CT molecular complexity index is 423. The number of carbonyl (C=O) groups is 1. The number of hydrogen-bond donors (Lipinski definition) is 1. The van der Waals surface area contributed by atoms with E-state index in [0.717, 1.165) is 37.5 Å². The summed E-state index contributed by atoms with van der Waals surface area (Å²) in [5.74, 6) is 0.252. The first kappa shape index (κ1) is 13.1. The number of thiophene rings is 1. The molecule has 0 bridgehead atoms. The number of rotatable bonds is 1. The summed E-state index contributed by atoms with van der Waals surface area (Å²) in [6.07, 6.45) is 7.31. The highest BCUT2D eigenvalue weighted by molar-refractivity contribution is 7.14. The Morgan fingerprint density at radius 2 is 2.00 bits per heavy atom. The van der Waals surface area contributed by atoms with Crippen molar-refractivity contribution in [3.05, 3.63) is 21.4 Å². The zero-order chi connectivity index (χ0) is 13.1. The van der Waals surface area contributed by atoms with Crippen LogP contribution in [0.15, 0.2) is 6.07 Å². The molecule has 1 aliphatic heterocycles. The molecule has 1 aromatic heterocycles. The molecule has 0 atom stereocenters. The maximum absolute atomic E-state index is 12.6. The van der Waals surface area contributed by atoms with Crippen molar-refractivity contribution in [3.8, 4) is 0 Å². The van der Waals surface area contributed by atoms with Gasteiger partial charge >= 0.3 is 0 Å². The van der Waals surface area contributed by atoms with Crippen molar-refractivity contribution < 1.29 is 4.79 Å². The highest BCUT2D eigenvalue weighted by Crippen LogP contribution is 2.29. The van der Waals surface area contributed by atoms with Crippen molar-refractivity contribution in [1.82, 2.24) is 10.2 Å². The zero-order valence-electron chi connectivity index (χ0n) is 11.4. The summed E-state index contributed by atoms with van der Waals surface area (Å²) in [5, 5.41) is 3.35. The summed E-state index contributed by atoms with van der Waals surface area (Å²) in [6, 6.07) is 2.17. The second kappa shape index (κ2) is 6.06. The fraction of sp³-hybridized carbons (Fsp3) is 0.667. The van der Waals surface area contributed by atoms with Gasteiger partial charge in [-0.1, -0.05) is 6.42 Å². The van der Waals surface area contributed by atoms with Gasteiger partial charge in [-0.05, 0) is 50.3 Å². The molecule has 3 nitrogen and oxygen atoms in total. The maximum atomic E-state index is 12.6. The first-order valence-electron chi connectivity index (χ1n) is 7.46. The Hall–Kier alpha value is -0.870. The number of fused-ring (bicyclic) bond motifs is 1. The standard InChI is InChI=1S/C15H22N2OS/c18-15(17-9-4-7-16-8-10-17)14-11-12-5-2-1-3-6-13(12)19-14/h11,16H,1-10H2. The van der Waals surface area contributed by atoms with Crippen molar-refractivity contribution in [2.24, 2.45) is 0 Å². The van der Waals surface area contributed by atoms with Gasteiger partial charge in [0.2, 0.25) is 0 Å². The second-order valence-electron chi connectivity index (χ2n) is 5.52. The quantitative estimate of drug-likeness (QED) is 0.800. The van der Waals surface area contributed by atoms with E-state index in [1.165, 1.54) is 42.5 Å². The Morgan fingerprint density at radius 3 is 2.95 bits per heavy atom. The first-order valence-corrected chi connectivity index (χ1v) is 8.28. The van der Waals surface area contributed by atoms with Gasteiger partial charge in [-0.2, -0.15) is 0 Å². The fourth-order valence-corrected chi connectivity index (χ4v) is 4.20. The molecule has 104 valence electrons. The van der Waals surface area contributed by atoms with Gasteiger partial charge in [0.1, 0.15) is 0 Å². The van der Waals surface area contributed by atoms with Crippen molar-refractivity contribution in [3.63, 3.8) is 0 Å². The summed E-state index contributed by atoms with van der Waals surface area (Å²) in [7, 11) is 0. The SMILES string of the molecule is O=C(c1cc2c(s1)CCCCC2)N1CCCNCC1. The van der Waals surface area contributed by atoms with Crippen LogP contribution in [0.4, 0.5) is 0 Å². The molecular weight excluding hydrogens is 256 g/mol. The maximum Gasteiger partial charge on any atom is 0.263 e.